The molecule has 2 aromatic carbocycles. The van der Waals surface area contributed by atoms with Crippen LogP contribution in [0.4, 0.5) is 13.2 Å². The molecule has 0 aliphatic carbocycles. The van der Waals surface area contributed by atoms with Gasteiger partial charge in [-0.2, -0.15) is 13.2 Å². The van der Waals surface area contributed by atoms with Crippen molar-refractivity contribution in [3.8, 4) is 16.9 Å². The van der Waals surface area contributed by atoms with Gasteiger partial charge >= 0.3 is 6.18 Å². The second-order valence-corrected chi connectivity index (χ2v) is 9.19. The van der Waals surface area contributed by atoms with Crippen LogP contribution >= 0.6 is 15.9 Å². The van der Waals surface area contributed by atoms with Gasteiger partial charge in [-0.25, -0.2) is 0 Å². The first-order chi connectivity index (χ1) is 17.2. The minimum Gasteiger partial charge on any atom is -0.349 e. The van der Waals surface area contributed by atoms with Crippen LogP contribution in [-0.2, 0) is 12.7 Å². The molecule has 4 aromatic rings. The molecule has 9 heteroatoms. The van der Waals surface area contributed by atoms with E-state index in [4.69, 9.17) is 0 Å². The van der Waals surface area contributed by atoms with Gasteiger partial charge in [0, 0.05) is 36.0 Å². The predicted octanol–water partition coefficient (Wildman–Crippen LogP) is 6.18. The van der Waals surface area contributed by atoms with E-state index in [0.717, 1.165) is 16.1 Å². The van der Waals surface area contributed by atoms with Gasteiger partial charge in [0.05, 0.1) is 16.9 Å². The van der Waals surface area contributed by atoms with Crippen molar-refractivity contribution in [1.29, 1.82) is 0 Å². The normalized spacial score (nSPS) is 11.6. The smallest absolute Gasteiger partial charge is 0.349 e. The number of hydrogen-bond donors (Lipinski definition) is 1. The Morgan fingerprint density at radius 2 is 1.72 bits per heavy atom. The fraction of sp³-hybridized carbons (Fsp3) is 0.185. The third-order valence-electron chi connectivity index (χ3n) is 5.66. The lowest BCUT2D eigenvalue weighted by atomic mass is 10.1. The number of para-hydroxylation sites is 1. The molecule has 0 radical (unpaired) electrons. The van der Waals surface area contributed by atoms with Crippen LogP contribution in [0.3, 0.4) is 0 Å². The Kier molecular flexibility index (Phi) is 7.91. The van der Waals surface area contributed by atoms with Gasteiger partial charge in [0.2, 0.25) is 0 Å². The molecule has 0 unspecified atom stereocenters. The summed E-state index contributed by atoms with van der Waals surface area (Å²) in [5.41, 5.74) is 1.85. The van der Waals surface area contributed by atoms with Gasteiger partial charge in [0.25, 0.3) is 5.91 Å². The number of hydrogen-bond acceptors (Lipinski definition) is 3. The van der Waals surface area contributed by atoms with Crippen molar-refractivity contribution in [2.75, 3.05) is 20.1 Å². The molecule has 0 saturated carbocycles. The summed E-state index contributed by atoms with van der Waals surface area (Å²) in [6, 6.07) is 21.8. The van der Waals surface area contributed by atoms with Gasteiger partial charge in [-0.05, 0) is 61.1 Å². The van der Waals surface area contributed by atoms with Crippen LogP contribution in [0, 0.1) is 0 Å². The largest absolute Gasteiger partial charge is 0.418 e. The average molecular weight is 557 g/mol. The molecular weight excluding hydrogens is 533 g/mol. The van der Waals surface area contributed by atoms with Crippen molar-refractivity contribution in [3.05, 3.63) is 106 Å². The van der Waals surface area contributed by atoms with Gasteiger partial charge in [0.15, 0.2) is 0 Å². The lowest BCUT2D eigenvalue weighted by Gasteiger charge is -2.22. The molecule has 4 rings (SSSR count). The SMILES string of the molecule is CN(CCNC(=O)c1ccccn1)Cc1ccc(-c2ccc(Br)cc2)n1-c1ccccc1C(F)(F)F. The predicted molar refractivity (Wildman–Crippen MR) is 137 cm³/mol. The highest BCUT2D eigenvalue weighted by Crippen LogP contribution is 2.37. The van der Waals surface area contributed by atoms with Crippen LogP contribution in [0.15, 0.2) is 89.5 Å². The number of amides is 1. The highest BCUT2D eigenvalue weighted by molar-refractivity contribution is 9.10. The standard InChI is InChI=1S/C27H24BrF3N4O/c1-34(17-16-33-26(36)23-7-4-5-15-32-23)18-21-13-14-24(19-9-11-20(28)12-10-19)35(21)25-8-3-2-6-22(25)27(29,30)31/h2-15H,16-18H2,1H3,(H,33,36). The van der Waals surface area contributed by atoms with Crippen molar-refractivity contribution in [2.24, 2.45) is 0 Å². The highest BCUT2D eigenvalue weighted by Gasteiger charge is 2.34. The first kappa shape index (κ1) is 25.7. The summed E-state index contributed by atoms with van der Waals surface area (Å²) in [4.78, 5) is 18.2. The number of likely N-dealkylation sites (N-methyl/N-ethyl adjacent to an activating group) is 1. The molecule has 1 N–H and O–H groups in total. The number of halogens is 4. The lowest BCUT2D eigenvalue weighted by molar-refractivity contribution is -0.137. The van der Waals surface area contributed by atoms with Gasteiger partial charge in [0.1, 0.15) is 5.69 Å². The maximum Gasteiger partial charge on any atom is 0.418 e. The summed E-state index contributed by atoms with van der Waals surface area (Å²) in [5, 5.41) is 2.82. The summed E-state index contributed by atoms with van der Waals surface area (Å²) in [7, 11) is 1.86. The zero-order chi connectivity index (χ0) is 25.7. The second-order valence-electron chi connectivity index (χ2n) is 8.28. The van der Waals surface area contributed by atoms with E-state index in [1.807, 2.05) is 48.3 Å². The summed E-state index contributed by atoms with van der Waals surface area (Å²) in [6.45, 7) is 1.24. The van der Waals surface area contributed by atoms with Crippen molar-refractivity contribution in [2.45, 2.75) is 12.7 Å². The quantitative estimate of drug-likeness (QED) is 0.282. The molecule has 36 heavy (non-hydrogen) atoms. The first-order valence-corrected chi connectivity index (χ1v) is 12.0. The van der Waals surface area contributed by atoms with Crippen LogP contribution in [0.5, 0.6) is 0 Å². The monoisotopic (exact) mass is 556 g/mol. The third kappa shape index (κ3) is 6.03. The van der Waals surface area contributed by atoms with Gasteiger partial charge < -0.3 is 9.88 Å². The Morgan fingerprint density at radius 1 is 1.00 bits per heavy atom. The van der Waals surface area contributed by atoms with Crippen LogP contribution in [0.25, 0.3) is 16.9 Å². The molecule has 0 aliphatic rings. The number of aromatic nitrogens is 2. The fourth-order valence-corrected chi connectivity index (χ4v) is 4.21. The Morgan fingerprint density at radius 3 is 2.42 bits per heavy atom. The number of benzene rings is 2. The molecule has 2 aromatic heterocycles. The molecule has 0 aliphatic heterocycles. The zero-order valence-corrected chi connectivity index (χ0v) is 21.1. The first-order valence-electron chi connectivity index (χ1n) is 11.2. The summed E-state index contributed by atoms with van der Waals surface area (Å²) in [6.07, 6.45) is -2.95. The van der Waals surface area contributed by atoms with Crippen molar-refractivity contribution < 1.29 is 18.0 Å². The number of nitrogens with one attached hydrogen (secondary N) is 1. The van der Waals surface area contributed by atoms with E-state index in [1.165, 1.54) is 12.1 Å². The summed E-state index contributed by atoms with van der Waals surface area (Å²) in [5.74, 6) is -0.274. The van der Waals surface area contributed by atoms with Crippen molar-refractivity contribution in [1.82, 2.24) is 19.8 Å². The topological polar surface area (TPSA) is 50.2 Å². The van der Waals surface area contributed by atoms with Crippen LogP contribution < -0.4 is 5.32 Å². The highest BCUT2D eigenvalue weighted by atomic mass is 79.9. The molecule has 0 atom stereocenters. The molecule has 186 valence electrons. The summed E-state index contributed by atoms with van der Waals surface area (Å²) >= 11 is 3.41. The van der Waals surface area contributed by atoms with E-state index in [2.05, 4.69) is 26.2 Å². The van der Waals surface area contributed by atoms with Gasteiger partial charge in [-0.1, -0.05) is 46.3 Å². The second kappa shape index (κ2) is 11.1. The van der Waals surface area contributed by atoms with Gasteiger partial charge in [-0.15, -0.1) is 0 Å². The average Bonchev–Trinajstić information content (AvgIpc) is 3.27. The minimum atomic E-state index is -4.50. The number of pyridine rings is 1. The molecule has 0 fully saturated rings. The molecule has 0 spiro atoms. The van der Waals surface area contributed by atoms with Crippen molar-refractivity contribution in [3.63, 3.8) is 0 Å². The third-order valence-corrected chi connectivity index (χ3v) is 6.19. The number of carbonyl (C=O) groups excluding carboxylic acids is 1. The van der Waals surface area contributed by atoms with Crippen LogP contribution in [-0.4, -0.2) is 40.5 Å². The maximum absolute atomic E-state index is 13.9. The van der Waals surface area contributed by atoms with Crippen molar-refractivity contribution >= 4 is 21.8 Å². The molecular formula is C27H24BrF3N4O. The maximum atomic E-state index is 13.9. The van der Waals surface area contributed by atoms with E-state index in [0.29, 0.717) is 36.7 Å². The van der Waals surface area contributed by atoms with E-state index >= 15 is 0 Å². The molecule has 1 amide bonds. The van der Waals surface area contributed by atoms with E-state index in [9.17, 15) is 18.0 Å². The number of carbonyl (C=O) groups is 1. The number of nitrogens with zero attached hydrogens (tertiary/aromatic N) is 3. The molecule has 5 nitrogen and oxygen atoms in total. The van der Waals surface area contributed by atoms with Crippen LogP contribution in [0.1, 0.15) is 21.7 Å². The Labute approximate surface area is 215 Å². The number of rotatable bonds is 8. The lowest BCUT2D eigenvalue weighted by Crippen LogP contribution is -2.33. The van der Waals surface area contributed by atoms with E-state index in [1.54, 1.807) is 35.0 Å². The summed E-state index contributed by atoms with van der Waals surface area (Å²) < 4.78 is 44.3. The fourth-order valence-electron chi connectivity index (χ4n) is 3.94. The zero-order valence-electron chi connectivity index (χ0n) is 19.5. The Bertz CT molecular complexity index is 1320. The Hall–Kier alpha value is -3.43. The van der Waals surface area contributed by atoms with E-state index in [-0.39, 0.29) is 11.6 Å². The minimum absolute atomic E-state index is 0.0692. The van der Waals surface area contributed by atoms with Gasteiger partial charge in [-0.3, -0.25) is 14.7 Å². The van der Waals surface area contributed by atoms with E-state index < -0.39 is 11.7 Å². The molecule has 0 bridgehead atoms. The van der Waals surface area contributed by atoms with Crippen LogP contribution in [0.2, 0.25) is 0 Å². The molecule has 2 heterocycles. The number of alkyl halides is 3. The Balaban J connectivity index is 1.60. The molecule has 0 saturated heterocycles.